The number of carbonyl (C=O) groups is 2. The number of thiazole rings is 1. The number of amides is 2. The summed E-state index contributed by atoms with van der Waals surface area (Å²) in [5, 5.41) is 3.46. The van der Waals surface area contributed by atoms with Crippen LogP contribution in [0.5, 0.6) is 5.75 Å². The molecule has 1 atom stereocenters. The quantitative estimate of drug-likeness (QED) is 0.891. The lowest BCUT2D eigenvalue weighted by Crippen LogP contribution is -2.28. The van der Waals surface area contributed by atoms with Crippen LogP contribution in [-0.4, -0.2) is 30.5 Å². The molecule has 1 aliphatic heterocycles. The fourth-order valence-corrected chi connectivity index (χ4v) is 3.83. The third kappa shape index (κ3) is 3.66. The predicted octanol–water partition coefficient (Wildman–Crippen LogP) is 3.01. The number of aryl methyl sites for hydroxylation is 2. The Morgan fingerprint density at radius 1 is 1.48 bits per heavy atom. The molecule has 1 aromatic carbocycles. The molecule has 7 heteroatoms. The van der Waals surface area contributed by atoms with Crippen LogP contribution in [0.3, 0.4) is 0 Å². The Kier molecular flexibility index (Phi) is 5.03. The van der Waals surface area contributed by atoms with Gasteiger partial charge in [-0.3, -0.25) is 9.59 Å². The fraction of sp³-hybridized carbons (Fsp3) is 0.389. The molecule has 2 amide bonds. The minimum atomic E-state index is -0.381. The van der Waals surface area contributed by atoms with Crippen LogP contribution in [0.25, 0.3) is 0 Å². The van der Waals surface area contributed by atoms with Gasteiger partial charge in [0.1, 0.15) is 5.75 Å². The molecule has 2 heterocycles. The molecular weight excluding hydrogens is 338 g/mol. The second-order valence-corrected chi connectivity index (χ2v) is 7.17. The SMILES string of the molecule is CCc1nc(NC(=O)[C@@H]2CC(=O)N(c3cccc(OC)c3)C2)sc1C. The first-order valence-corrected chi connectivity index (χ1v) is 9.05. The van der Waals surface area contributed by atoms with Crippen molar-refractivity contribution in [1.29, 1.82) is 0 Å². The number of rotatable bonds is 5. The van der Waals surface area contributed by atoms with Gasteiger partial charge in [0, 0.05) is 29.6 Å². The van der Waals surface area contributed by atoms with Crippen LogP contribution >= 0.6 is 11.3 Å². The summed E-state index contributed by atoms with van der Waals surface area (Å²) in [6, 6.07) is 7.30. The van der Waals surface area contributed by atoms with Crippen LogP contribution in [0.1, 0.15) is 23.9 Å². The lowest BCUT2D eigenvalue weighted by atomic mass is 10.1. The standard InChI is InChI=1S/C18H21N3O3S/c1-4-15-11(2)25-18(19-15)20-17(23)12-8-16(22)21(10-12)13-6-5-7-14(9-13)24-3/h5-7,9,12H,4,8,10H2,1-3H3,(H,19,20,23)/t12-/m1/s1. The number of ether oxygens (including phenoxy) is 1. The van der Waals surface area contributed by atoms with E-state index in [1.807, 2.05) is 32.0 Å². The van der Waals surface area contributed by atoms with Gasteiger partial charge in [0.2, 0.25) is 11.8 Å². The average molecular weight is 359 g/mol. The highest BCUT2D eigenvalue weighted by Gasteiger charge is 2.35. The van der Waals surface area contributed by atoms with Gasteiger partial charge in [0.15, 0.2) is 5.13 Å². The molecule has 3 rings (SSSR count). The van der Waals surface area contributed by atoms with E-state index in [9.17, 15) is 9.59 Å². The highest BCUT2D eigenvalue weighted by Crippen LogP contribution is 2.29. The molecule has 1 aromatic heterocycles. The van der Waals surface area contributed by atoms with E-state index in [-0.39, 0.29) is 24.2 Å². The van der Waals surface area contributed by atoms with Gasteiger partial charge in [-0.05, 0) is 25.5 Å². The summed E-state index contributed by atoms with van der Waals surface area (Å²) in [5.41, 5.74) is 1.75. The zero-order chi connectivity index (χ0) is 18.0. The normalized spacial score (nSPS) is 17.0. The Morgan fingerprint density at radius 3 is 2.96 bits per heavy atom. The molecule has 0 radical (unpaired) electrons. The van der Waals surface area contributed by atoms with Crippen molar-refractivity contribution in [2.24, 2.45) is 5.92 Å². The largest absolute Gasteiger partial charge is 0.497 e. The van der Waals surface area contributed by atoms with Crippen LogP contribution in [0.15, 0.2) is 24.3 Å². The van der Waals surface area contributed by atoms with E-state index >= 15 is 0 Å². The van der Waals surface area contributed by atoms with Crippen molar-refractivity contribution in [2.45, 2.75) is 26.7 Å². The van der Waals surface area contributed by atoms with Gasteiger partial charge in [0.05, 0.1) is 18.7 Å². The van der Waals surface area contributed by atoms with Crippen LogP contribution < -0.4 is 15.0 Å². The fourth-order valence-electron chi connectivity index (χ4n) is 2.93. The molecule has 0 saturated carbocycles. The van der Waals surface area contributed by atoms with E-state index in [0.29, 0.717) is 17.4 Å². The first kappa shape index (κ1) is 17.4. The summed E-state index contributed by atoms with van der Waals surface area (Å²) < 4.78 is 5.20. The Bertz CT molecular complexity index is 803. The summed E-state index contributed by atoms with van der Waals surface area (Å²) in [7, 11) is 1.59. The first-order chi connectivity index (χ1) is 12.0. The van der Waals surface area contributed by atoms with Crippen LogP contribution in [0, 0.1) is 12.8 Å². The molecular formula is C18H21N3O3S. The first-order valence-electron chi connectivity index (χ1n) is 8.23. The summed E-state index contributed by atoms with van der Waals surface area (Å²) in [5.74, 6) is 0.0876. The maximum Gasteiger partial charge on any atom is 0.231 e. The molecule has 0 unspecified atom stereocenters. The van der Waals surface area contributed by atoms with Crippen molar-refractivity contribution in [1.82, 2.24) is 4.98 Å². The number of methoxy groups -OCH3 is 1. The topological polar surface area (TPSA) is 71.5 Å². The number of aromatic nitrogens is 1. The molecule has 0 aliphatic carbocycles. The number of anilines is 2. The summed E-state index contributed by atoms with van der Waals surface area (Å²) in [4.78, 5) is 32.0. The molecule has 2 aromatic rings. The Labute approximate surface area is 150 Å². The van der Waals surface area contributed by atoms with Crippen molar-refractivity contribution >= 4 is 34.0 Å². The number of benzene rings is 1. The third-order valence-corrected chi connectivity index (χ3v) is 5.25. The highest BCUT2D eigenvalue weighted by atomic mass is 32.1. The van der Waals surface area contributed by atoms with E-state index in [4.69, 9.17) is 4.74 Å². The maximum absolute atomic E-state index is 12.5. The van der Waals surface area contributed by atoms with Crippen molar-refractivity contribution in [3.8, 4) is 5.75 Å². The summed E-state index contributed by atoms with van der Waals surface area (Å²) >= 11 is 1.47. The van der Waals surface area contributed by atoms with Crippen LogP contribution in [0.4, 0.5) is 10.8 Å². The number of nitrogens with zero attached hydrogens (tertiary/aromatic N) is 2. The van der Waals surface area contributed by atoms with Crippen LogP contribution in [-0.2, 0) is 16.0 Å². The van der Waals surface area contributed by atoms with Gasteiger partial charge in [-0.2, -0.15) is 0 Å². The molecule has 1 fully saturated rings. The predicted molar refractivity (Wildman–Crippen MR) is 98.3 cm³/mol. The van der Waals surface area contributed by atoms with E-state index in [2.05, 4.69) is 10.3 Å². The molecule has 25 heavy (non-hydrogen) atoms. The van der Waals surface area contributed by atoms with Gasteiger partial charge < -0.3 is 15.0 Å². The monoisotopic (exact) mass is 359 g/mol. The van der Waals surface area contributed by atoms with E-state index in [1.54, 1.807) is 18.1 Å². The molecule has 1 aliphatic rings. The van der Waals surface area contributed by atoms with Gasteiger partial charge >= 0.3 is 0 Å². The van der Waals surface area contributed by atoms with E-state index in [1.165, 1.54) is 11.3 Å². The molecule has 6 nitrogen and oxygen atoms in total. The minimum absolute atomic E-state index is 0.0574. The van der Waals surface area contributed by atoms with Crippen molar-refractivity contribution in [2.75, 3.05) is 23.9 Å². The van der Waals surface area contributed by atoms with Crippen molar-refractivity contribution in [3.63, 3.8) is 0 Å². The second kappa shape index (κ2) is 7.23. The van der Waals surface area contributed by atoms with E-state index in [0.717, 1.165) is 22.7 Å². The van der Waals surface area contributed by atoms with Crippen LogP contribution in [0.2, 0.25) is 0 Å². The number of nitrogens with one attached hydrogen (secondary N) is 1. The second-order valence-electron chi connectivity index (χ2n) is 5.97. The molecule has 0 spiro atoms. The van der Waals surface area contributed by atoms with Gasteiger partial charge in [0.25, 0.3) is 0 Å². The minimum Gasteiger partial charge on any atom is -0.497 e. The van der Waals surface area contributed by atoms with Crippen molar-refractivity contribution < 1.29 is 14.3 Å². The third-order valence-electron chi connectivity index (χ3n) is 4.32. The summed E-state index contributed by atoms with van der Waals surface area (Å²) in [6.07, 6.45) is 1.04. The number of hydrogen-bond acceptors (Lipinski definition) is 5. The zero-order valence-corrected chi connectivity index (χ0v) is 15.4. The molecule has 1 saturated heterocycles. The maximum atomic E-state index is 12.5. The van der Waals surface area contributed by atoms with Gasteiger partial charge in [-0.25, -0.2) is 4.98 Å². The van der Waals surface area contributed by atoms with Crippen molar-refractivity contribution in [3.05, 3.63) is 34.8 Å². The Balaban J connectivity index is 1.69. The number of hydrogen-bond donors (Lipinski definition) is 1. The van der Waals surface area contributed by atoms with Gasteiger partial charge in [-0.15, -0.1) is 11.3 Å². The average Bonchev–Trinajstić information content (AvgIpc) is 3.17. The number of carbonyl (C=O) groups excluding carboxylic acids is 2. The lowest BCUT2D eigenvalue weighted by molar-refractivity contribution is -0.122. The van der Waals surface area contributed by atoms with Gasteiger partial charge in [-0.1, -0.05) is 13.0 Å². The molecule has 1 N–H and O–H groups in total. The summed E-state index contributed by atoms with van der Waals surface area (Å²) in [6.45, 7) is 4.40. The van der Waals surface area contributed by atoms with E-state index < -0.39 is 0 Å². The Morgan fingerprint density at radius 2 is 2.28 bits per heavy atom. The Hall–Kier alpha value is -2.41. The highest BCUT2D eigenvalue weighted by molar-refractivity contribution is 7.15. The lowest BCUT2D eigenvalue weighted by Gasteiger charge is -2.17. The molecule has 0 bridgehead atoms. The molecule has 132 valence electrons. The smallest absolute Gasteiger partial charge is 0.231 e. The zero-order valence-electron chi connectivity index (χ0n) is 14.5.